The molecule has 0 bridgehead atoms. The summed E-state index contributed by atoms with van der Waals surface area (Å²) in [6.45, 7) is 3.49. The lowest BCUT2D eigenvalue weighted by atomic mass is 10.0. The quantitative estimate of drug-likeness (QED) is 0.782. The first-order valence-corrected chi connectivity index (χ1v) is 6.14. The number of benzene rings is 1. The predicted octanol–water partition coefficient (Wildman–Crippen LogP) is 1.43. The van der Waals surface area contributed by atoms with Crippen LogP contribution in [0.3, 0.4) is 0 Å². The van der Waals surface area contributed by atoms with E-state index in [-0.39, 0.29) is 12.5 Å². The van der Waals surface area contributed by atoms with Crippen molar-refractivity contribution < 1.29 is 19.4 Å². The van der Waals surface area contributed by atoms with E-state index in [0.29, 0.717) is 6.61 Å². The fourth-order valence-electron chi connectivity index (χ4n) is 1.47. The van der Waals surface area contributed by atoms with Gasteiger partial charge in [0.05, 0.1) is 12.5 Å². The maximum Gasteiger partial charge on any atom is 0.308 e. The summed E-state index contributed by atoms with van der Waals surface area (Å²) in [6, 6.07) is 9.10. The van der Waals surface area contributed by atoms with Gasteiger partial charge in [0.1, 0.15) is 6.61 Å². The first-order chi connectivity index (χ1) is 9.00. The second-order valence-electron chi connectivity index (χ2n) is 4.46. The lowest BCUT2D eigenvalue weighted by molar-refractivity contribution is -0.142. The zero-order chi connectivity index (χ0) is 14.3. The third-order valence-electron chi connectivity index (χ3n) is 2.87. The molecule has 0 aromatic heterocycles. The summed E-state index contributed by atoms with van der Waals surface area (Å²) in [6.07, 6.45) is 0. The number of amides is 1. The van der Waals surface area contributed by atoms with Gasteiger partial charge in [-0.2, -0.15) is 0 Å². The average Bonchev–Trinajstić information content (AvgIpc) is 2.38. The van der Waals surface area contributed by atoms with Crippen LogP contribution in [0.2, 0.25) is 0 Å². The Labute approximate surface area is 112 Å². The molecule has 2 unspecified atom stereocenters. The lowest BCUT2D eigenvalue weighted by Crippen LogP contribution is -2.41. The molecule has 2 N–H and O–H groups in total. The summed E-state index contributed by atoms with van der Waals surface area (Å²) in [5.74, 6) is -1.87. The van der Waals surface area contributed by atoms with Crippen LogP contribution in [-0.4, -0.2) is 29.6 Å². The average molecular weight is 265 g/mol. The fourth-order valence-corrected chi connectivity index (χ4v) is 1.47. The Balaban J connectivity index is 2.26. The molecule has 0 fully saturated rings. The molecule has 0 aliphatic carbocycles. The highest BCUT2D eigenvalue weighted by Crippen LogP contribution is 2.03. The fraction of sp³-hybridized carbons (Fsp3) is 0.429. The third kappa shape index (κ3) is 5.52. The van der Waals surface area contributed by atoms with Gasteiger partial charge in [-0.25, -0.2) is 0 Å². The van der Waals surface area contributed by atoms with Crippen LogP contribution in [0.4, 0.5) is 0 Å². The first kappa shape index (κ1) is 15.2. The molecule has 104 valence electrons. The molecule has 0 aliphatic heterocycles. The second-order valence-corrected chi connectivity index (χ2v) is 4.46. The van der Waals surface area contributed by atoms with Crippen molar-refractivity contribution in [1.29, 1.82) is 0 Å². The van der Waals surface area contributed by atoms with Crippen molar-refractivity contribution in [1.82, 2.24) is 5.32 Å². The van der Waals surface area contributed by atoms with E-state index in [1.165, 1.54) is 0 Å². The number of hydrogen-bond donors (Lipinski definition) is 2. The summed E-state index contributed by atoms with van der Waals surface area (Å²) >= 11 is 0. The Morgan fingerprint density at radius 1 is 1.26 bits per heavy atom. The SMILES string of the molecule is CC(NC(=O)COCc1ccccc1)C(C)C(=O)O. The zero-order valence-electron chi connectivity index (χ0n) is 11.1. The van der Waals surface area contributed by atoms with E-state index in [1.807, 2.05) is 30.3 Å². The molecule has 19 heavy (non-hydrogen) atoms. The molecule has 0 saturated heterocycles. The number of nitrogens with one attached hydrogen (secondary N) is 1. The number of carbonyl (C=O) groups is 2. The Hall–Kier alpha value is -1.88. The first-order valence-electron chi connectivity index (χ1n) is 6.14. The molecule has 1 aromatic carbocycles. The van der Waals surface area contributed by atoms with Gasteiger partial charge in [-0.05, 0) is 19.4 Å². The number of carbonyl (C=O) groups excluding carboxylic acids is 1. The van der Waals surface area contributed by atoms with Crippen LogP contribution in [-0.2, 0) is 20.9 Å². The van der Waals surface area contributed by atoms with Crippen LogP contribution >= 0.6 is 0 Å². The maximum atomic E-state index is 11.5. The van der Waals surface area contributed by atoms with E-state index in [2.05, 4.69) is 5.32 Å². The van der Waals surface area contributed by atoms with Gasteiger partial charge in [-0.1, -0.05) is 30.3 Å². The lowest BCUT2D eigenvalue weighted by Gasteiger charge is -2.17. The second kappa shape index (κ2) is 7.53. The minimum absolute atomic E-state index is 0.0778. The number of ether oxygens (including phenoxy) is 1. The molecule has 5 nitrogen and oxygen atoms in total. The van der Waals surface area contributed by atoms with Gasteiger partial charge in [0, 0.05) is 6.04 Å². The minimum Gasteiger partial charge on any atom is -0.481 e. The number of carboxylic acid groups (broad SMARTS) is 1. The van der Waals surface area contributed by atoms with Gasteiger partial charge >= 0.3 is 5.97 Å². The summed E-state index contributed by atoms with van der Waals surface area (Å²) in [5.41, 5.74) is 0.988. The maximum absolute atomic E-state index is 11.5. The Kier molecular flexibility index (Phi) is 6.02. The minimum atomic E-state index is -0.932. The van der Waals surface area contributed by atoms with Gasteiger partial charge in [-0.15, -0.1) is 0 Å². The van der Waals surface area contributed by atoms with E-state index < -0.39 is 17.9 Å². The van der Waals surface area contributed by atoms with Crippen molar-refractivity contribution in [3.05, 3.63) is 35.9 Å². The van der Waals surface area contributed by atoms with Crippen LogP contribution in [0.15, 0.2) is 30.3 Å². The highest BCUT2D eigenvalue weighted by molar-refractivity contribution is 5.78. The molecular formula is C14H19NO4. The van der Waals surface area contributed by atoms with Gasteiger partial charge in [0.2, 0.25) is 5.91 Å². The Morgan fingerprint density at radius 3 is 2.47 bits per heavy atom. The molecule has 0 saturated carbocycles. The summed E-state index contributed by atoms with van der Waals surface area (Å²) in [4.78, 5) is 22.3. The van der Waals surface area contributed by atoms with E-state index >= 15 is 0 Å². The predicted molar refractivity (Wildman–Crippen MR) is 70.5 cm³/mol. The van der Waals surface area contributed by atoms with E-state index in [9.17, 15) is 9.59 Å². The van der Waals surface area contributed by atoms with Crippen LogP contribution in [0.25, 0.3) is 0 Å². The van der Waals surface area contributed by atoms with E-state index in [0.717, 1.165) is 5.56 Å². The van der Waals surface area contributed by atoms with Crippen molar-refractivity contribution in [2.75, 3.05) is 6.61 Å². The van der Waals surface area contributed by atoms with E-state index in [1.54, 1.807) is 13.8 Å². The van der Waals surface area contributed by atoms with Crippen molar-refractivity contribution in [3.8, 4) is 0 Å². The van der Waals surface area contributed by atoms with Gasteiger partial charge < -0.3 is 15.2 Å². The molecule has 0 radical (unpaired) electrons. The van der Waals surface area contributed by atoms with Gasteiger partial charge in [0.15, 0.2) is 0 Å². The molecule has 0 aliphatic rings. The number of aliphatic carboxylic acids is 1. The summed E-state index contributed by atoms with van der Waals surface area (Å²) in [7, 11) is 0. The topological polar surface area (TPSA) is 75.6 Å². The van der Waals surface area contributed by atoms with Crippen molar-refractivity contribution >= 4 is 11.9 Å². The number of hydrogen-bond acceptors (Lipinski definition) is 3. The summed E-state index contributed by atoms with van der Waals surface area (Å²) < 4.78 is 5.26. The van der Waals surface area contributed by atoms with Gasteiger partial charge in [0.25, 0.3) is 0 Å². The zero-order valence-corrected chi connectivity index (χ0v) is 11.1. The van der Waals surface area contributed by atoms with Crippen LogP contribution in [0, 0.1) is 5.92 Å². The van der Waals surface area contributed by atoms with Crippen molar-refractivity contribution in [2.24, 2.45) is 5.92 Å². The highest BCUT2D eigenvalue weighted by atomic mass is 16.5. The molecular weight excluding hydrogens is 246 g/mol. The normalized spacial score (nSPS) is 13.6. The molecule has 0 spiro atoms. The molecule has 5 heteroatoms. The molecule has 1 aromatic rings. The van der Waals surface area contributed by atoms with E-state index in [4.69, 9.17) is 9.84 Å². The molecule has 0 heterocycles. The van der Waals surface area contributed by atoms with Crippen molar-refractivity contribution in [3.63, 3.8) is 0 Å². The Morgan fingerprint density at radius 2 is 1.89 bits per heavy atom. The molecule has 2 atom stereocenters. The summed E-state index contributed by atoms with van der Waals surface area (Å²) in [5, 5.41) is 11.4. The highest BCUT2D eigenvalue weighted by Gasteiger charge is 2.20. The Bertz CT molecular complexity index is 419. The standard InChI is InChI=1S/C14H19NO4/c1-10(14(17)18)11(2)15-13(16)9-19-8-12-6-4-3-5-7-12/h3-7,10-11H,8-9H2,1-2H3,(H,15,16)(H,17,18). The van der Waals surface area contributed by atoms with Crippen molar-refractivity contribution in [2.45, 2.75) is 26.5 Å². The molecule has 1 amide bonds. The molecule has 1 rings (SSSR count). The van der Waals surface area contributed by atoms with Crippen LogP contribution in [0.5, 0.6) is 0 Å². The largest absolute Gasteiger partial charge is 0.481 e. The monoisotopic (exact) mass is 265 g/mol. The van der Waals surface area contributed by atoms with Crippen LogP contribution in [0.1, 0.15) is 19.4 Å². The third-order valence-corrected chi connectivity index (χ3v) is 2.87. The number of carboxylic acids is 1. The smallest absolute Gasteiger partial charge is 0.308 e. The van der Waals surface area contributed by atoms with Crippen LogP contribution < -0.4 is 5.32 Å². The van der Waals surface area contributed by atoms with Gasteiger partial charge in [-0.3, -0.25) is 9.59 Å². The number of rotatable bonds is 7.